The van der Waals surface area contributed by atoms with Gasteiger partial charge in [0.05, 0.1) is 5.76 Å². The van der Waals surface area contributed by atoms with Gasteiger partial charge >= 0.3 is 0 Å². The minimum absolute atomic E-state index is 0.0943. The Hall–Kier alpha value is -0.460. The van der Waals surface area contributed by atoms with Crippen molar-refractivity contribution >= 4 is 0 Å². The fourth-order valence-electron chi connectivity index (χ4n) is 2.17. The van der Waals surface area contributed by atoms with E-state index in [0.29, 0.717) is 5.76 Å². The molecule has 0 aromatic carbocycles. The van der Waals surface area contributed by atoms with Crippen molar-refractivity contribution in [1.29, 1.82) is 0 Å². The zero-order chi connectivity index (χ0) is 9.19. The van der Waals surface area contributed by atoms with E-state index in [1.807, 2.05) is 13.8 Å². The summed E-state index contributed by atoms with van der Waals surface area (Å²) in [5, 5.41) is 9.89. The quantitative estimate of drug-likeness (QED) is 0.590. The zero-order valence-electron chi connectivity index (χ0n) is 8.48. The van der Waals surface area contributed by atoms with Gasteiger partial charge in [-0.2, -0.15) is 0 Å². The minimum Gasteiger partial charge on any atom is -0.512 e. The highest BCUT2D eigenvalue weighted by atomic mass is 16.3. The van der Waals surface area contributed by atoms with E-state index in [2.05, 4.69) is 6.92 Å². The van der Waals surface area contributed by atoms with Crippen molar-refractivity contribution in [1.82, 2.24) is 0 Å². The van der Waals surface area contributed by atoms with Gasteiger partial charge in [0.2, 0.25) is 0 Å². The summed E-state index contributed by atoms with van der Waals surface area (Å²) in [6, 6.07) is 0. The molecule has 1 nitrogen and oxygen atoms in total. The fourth-order valence-corrected chi connectivity index (χ4v) is 2.17. The van der Waals surface area contributed by atoms with Crippen LogP contribution in [0.15, 0.2) is 11.3 Å². The molecule has 0 radical (unpaired) electrons. The Kier molecular flexibility index (Phi) is 2.81. The molecule has 0 saturated heterocycles. The molecular weight excluding hydrogens is 148 g/mol. The largest absolute Gasteiger partial charge is 0.512 e. The third-order valence-electron chi connectivity index (χ3n) is 3.00. The van der Waals surface area contributed by atoms with Crippen LogP contribution in [0, 0.1) is 5.41 Å². The molecular formula is C11H20O. The monoisotopic (exact) mass is 168 g/mol. The van der Waals surface area contributed by atoms with Crippen LogP contribution in [0.1, 0.15) is 52.9 Å². The van der Waals surface area contributed by atoms with Crippen LogP contribution >= 0.6 is 0 Å². The molecule has 0 heterocycles. The van der Waals surface area contributed by atoms with E-state index in [9.17, 15) is 5.11 Å². The molecule has 1 aliphatic rings. The molecule has 1 fully saturated rings. The molecule has 0 aromatic rings. The lowest BCUT2D eigenvalue weighted by Crippen LogP contribution is -2.23. The van der Waals surface area contributed by atoms with Crippen molar-refractivity contribution in [3.63, 3.8) is 0 Å². The second kappa shape index (κ2) is 3.51. The molecule has 1 N–H and O–H groups in total. The van der Waals surface area contributed by atoms with Gasteiger partial charge in [-0.15, -0.1) is 0 Å². The first kappa shape index (κ1) is 9.63. The van der Waals surface area contributed by atoms with Crippen molar-refractivity contribution in [3.8, 4) is 0 Å². The first-order valence-corrected chi connectivity index (χ1v) is 4.93. The van der Waals surface area contributed by atoms with Crippen molar-refractivity contribution in [3.05, 3.63) is 11.3 Å². The van der Waals surface area contributed by atoms with Crippen LogP contribution in [0.4, 0.5) is 0 Å². The molecule has 70 valence electrons. The Morgan fingerprint density at radius 3 is 2.00 bits per heavy atom. The Labute approximate surface area is 75.5 Å². The maximum atomic E-state index is 9.89. The molecule has 0 spiro atoms. The summed E-state index contributed by atoms with van der Waals surface area (Å²) >= 11 is 0. The molecule has 1 heteroatoms. The fraction of sp³-hybridized carbons (Fsp3) is 0.818. The van der Waals surface area contributed by atoms with Gasteiger partial charge in [0, 0.05) is 5.41 Å². The average Bonchev–Trinajstić information content (AvgIpc) is 2.04. The lowest BCUT2D eigenvalue weighted by Gasteiger charge is -2.33. The van der Waals surface area contributed by atoms with Gasteiger partial charge < -0.3 is 5.11 Å². The number of hydrogen-bond donors (Lipinski definition) is 1. The van der Waals surface area contributed by atoms with E-state index in [1.165, 1.54) is 19.3 Å². The van der Waals surface area contributed by atoms with E-state index in [-0.39, 0.29) is 5.41 Å². The van der Waals surface area contributed by atoms with Crippen LogP contribution in [0.2, 0.25) is 0 Å². The number of rotatable bonds is 1. The normalized spacial score (nSPS) is 21.9. The highest BCUT2D eigenvalue weighted by Crippen LogP contribution is 2.41. The third-order valence-corrected chi connectivity index (χ3v) is 3.00. The lowest BCUT2D eigenvalue weighted by atomic mass is 9.73. The third kappa shape index (κ3) is 1.82. The Bertz CT molecular complexity index is 181. The van der Waals surface area contributed by atoms with Crippen molar-refractivity contribution in [2.24, 2.45) is 5.41 Å². The van der Waals surface area contributed by atoms with Gasteiger partial charge in [-0.25, -0.2) is 0 Å². The standard InChI is InChI=1S/C11H20O/c1-9(2)10(12)11(3)7-5-4-6-8-11/h12H,4-8H2,1-3H3. The van der Waals surface area contributed by atoms with Crippen LogP contribution in [0.3, 0.4) is 0 Å². The smallest absolute Gasteiger partial charge is 0.0967 e. The summed E-state index contributed by atoms with van der Waals surface area (Å²) < 4.78 is 0. The Balaban J connectivity index is 2.76. The second-order valence-corrected chi connectivity index (χ2v) is 4.47. The number of aliphatic hydroxyl groups excluding tert-OH is 1. The van der Waals surface area contributed by atoms with Crippen LogP contribution in [-0.4, -0.2) is 5.11 Å². The van der Waals surface area contributed by atoms with Crippen molar-refractivity contribution < 1.29 is 5.11 Å². The zero-order valence-corrected chi connectivity index (χ0v) is 8.48. The number of hydrogen-bond acceptors (Lipinski definition) is 1. The summed E-state index contributed by atoms with van der Waals surface area (Å²) in [7, 11) is 0. The van der Waals surface area contributed by atoms with E-state index in [1.54, 1.807) is 0 Å². The van der Waals surface area contributed by atoms with Gasteiger partial charge in [0.15, 0.2) is 0 Å². The van der Waals surface area contributed by atoms with Crippen molar-refractivity contribution in [2.45, 2.75) is 52.9 Å². The van der Waals surface area contributed by atoms with Crippen LogP contribution in [0.25, 0.3) is 0 Å². The molecule has 0 amide bonds. The molecule has 1 aliphatic carbocycles. The van der Waals surface area contributed by atoms with Crippen LogP contribution < -0.4 is 0 Å². The highest BCUT2D eigenvalue weighted by molar-refractivity contribution is 5.11. The summed E-state index contributed by atoms with van der Waals surface area (Å²) in [6.07, 6.45) is 6.20. The van der Waals surface area contributed by atoms with Crippen molar-refractivity contribution in [2.75, 3.05) is 0 Å². The number of allylic oxidation sites excluding steroid dienone is 2. The van der Waals surface area contributed by atoms with Crippen LogP contribution in [-0.2, 0) is 0 Å². The minimum atomic E-state index is 0.0943. The van der Waals surface area contributed by atoms with E-state index in [4.69, 9.17) is 0 Å². The molecule has 0 unspecified atom stereocenters. The van der Waals surface area contributed by atoms with Crippen LogP contribution in [0.5, 0.6) is 0 Å². The second-order valence-electron chi connectivity index (χ2n) is 4.47. The predicted octanol–water partition coefficient (Wildman–Crippen LogP) is 3.81. The Morgan fingerprint density at radius 1 is 1.08 bits per heavy atom. The summed E-state index contributed by atoms with van der Waals surface area (Å²) in [5.41, 5.74) is 1.18. The maximum Gasteiger partial charge on any atom is 0.0967 e. The molecule has 12 heavy (non-hydrogen) atoms. The predicted molar refractivity (Wildman–Crippen MR) is 52.2 cm³/mol. The van der Waals surface area contributed by atoms with Gasteiger partial charge in [0.25, 0.3) is 0 Å². The van der Waals surface area contributed by atoms with E-state index < -0.39 is 0 Å². The SMILES string of the molecule is CC(C)=C(O)C1(C)CCCCC1. The molecule has 0 aromatic heterocycles. The molecule has 0 aliphatic heterocycles. The first-order chi connectivity index (χ1) is 5.56. The molecule has 0 atom stereocenters. The molecule has 1 saturated carbocycles. The van der Waals surface area contributed by atoms with Gasteiger partial charge in [0.1, 0.15) is 0 Å². The van der Waals surface area contributed by atoms with E-state index >= 15 is 0 Å². The Morgan fingerprint density at radius 2 is 1.58 bits per heavy atom. The van der Waals surface area contributed by atoms with Gasteiger partial charge in [-0.1, -0.05) is 26.2 Å². The maximum absolute atomic E-state index is 9.89. The number of aliphatic hydroxyl groups is 1. The average molecular weight is 168 g/mol. The molecule has 1 rings (SSSR count). The summed E-state index contributed by atoms with van der Waals surface area (Å²) in [4.78, 5) is 0. The molecule has 0 bridgehead atoms. The first-order valence-electron chi connectivity index (χ1n) is 4.93. The summed E-state index contributed by atoms with van der Waals surface area (Å²) in [5.74, 6) is 0.641. The van der Waals surface area contributed by atoms with Gasteiger partial charge in [-0.05, 0) is 32.3 Å². The van der Waals surface area contributed by atoms with E-state index in [0.717, 1.165) is 18.4 Å². The van der Waals surface area contributed by atoms with Gasteiger partial charge in [-0.3, -0.25) is 0 Å². The topological polar surface area (TPSA) is 20.2 Å². The lowest BCUT2D eigenvalue weighted by molar-refractivity contribution is 0.173. The highest BCUT2D eigenvalue weighted by Gasteiger charge is 2.31. The summed E-state index contributed by atoms with van der Waals surface area (Å²) in [6.45, 7) is 6.18.